The molecular formula is C24H24FN3O5S. The molecule has 0 atom stereocenters. The number of carbonyl (C=O) groups is 2. The Morgan fingerprint density at radius 1 is 1.15 bits per heavy atom. The average molecular weight is 486 g/mol. The number of hydrogen-bond acceptors (Lipinski definition) is 6. The maximum absolute atomic E-state index is 13.0. The molecule has 0 radical (unpaired) electrons. The molecule has 0 fully saturated rings. The van der Waals surface area contributed by atoms with Crippen LogP contribution in [-0.4, -0.2) is 49.2 Å². The molecule has 0 saturated heterocycles. The number of carbonyl (C=O) groups excluding carboxylic acids is 2. The highest BCUT2D eigenvalue weighted by Gasteiger charge is 2.21. The fraction of sp³-hybridized carbons (Fsp3) is 0.292. The number of aryl methyl sites for hydroxylation is 1. The second-order valence-electron chi connectivity index (χ2n) is 7.63. The zero-order valence-electron chi connectivity index (χ0n) is 18.6. The molecule has 34 heavy (non-hydrogen) atoms. The van der Waals surface area contributed by atoms with Crippen LogP contribution in [0.4, 0.5) is 4.39 Å². The summed E-state index contributed by atoms with van der Waals surface area (Å²) in [7, 11) is -2.43. The van der Waals surface area contributed by atoms with E-state index in [4.69, 9.17) is 10.00 Å². The first-order valence-corrected chi connectivity index (χ1v) is 12.0. The third-order valence-corrected chi connectivity index (χ3v) is 7.16. The molecule has 0 aliphatic rings. The summed E-state index contributed by atoms with van der Waals surface area (Å²) in [6.45, 7) is 0.0579. The molecule has 0 aliphatic carbocycles. The van der Waals surface area contributed by atoms with E-state index in [1.807, 2.05) is 16.7 Å². The number of fused-ring (bicyclic) bond motifs is 1. The van der Waals surface area contributed by atoms with Crippen molar-refractivity contribution in [3.05, 3.63) is 66.1 Å². The van der Waals surface area contributed by atoms with Gasteiger partial charge in [0.15, 0.2) is 6.61 Å². The molecule has 0 aliphatic heterocycles. The largest absolute Gasteiger partial charge is 0.457 e. The number of sulfonamides is 1. The molecule has 10 heteroatoms. The normalized spacial score (nSPS) is 11.5. The Kier molecular flexibility index (Phi) is 8.15. The first-order valence-electron chi connectivity index (χ1n) is 10.6. The predicted molar refractivity (Wildman–Crippen MR) is 123 cm³/mol. The first kappa shape index (κ1) is 25.1. The first-order chi connectivity index (χ1) is 16.2. The summed E-state index contributed by atoms with van der Waals surface area (Å²) in [5, 5.41) is 9.56. The minimum Gasteiger partial charge on any atom is -0.457 e. The highest BCUT2D eigenvalue weighted by Crippen LogP contribution is 2.22. The number of esters is 1. The second kappa shape index (κ2) is 11.0. The van der Waals surface area contributed by atoms with Gasteiger partial charge in [0.2, 0.25) is 15.8 Å². The molecule has 0 bridgehead atoms. The van der Waals surface area contributed by atoms with Crippen molar-refractivity contribution in [2.75, 3.05) is 20.2 Å². The van der Waals surface area contributed by atoms with Crippen molar-refractivity contribution >= 4 is 32.7 Å². The minimum absolute atomic E-state index is 0.0430. The van der Waals surface area contributed by atoms with Crippen molar-refractivity contribution in [3.8, 4) is 6.07 Å². The molecule has 0 N–H and O–H groups in total. The van der Waals surface area contributed by atoms with Crippen molar-refractivity contribution < 1.29 is 27.1 Å². The van der Waals surface area contributed by atoms with Crippen LogP contribution in [-0.2, 0) is 26.1 Å². The number of aromatic nitrogens is 1. The number of halogens is 1. The number of ether oxygens (including phenoxy) is 1. The van der Waals surface area contributed by atoms with Crippen molar-refractivity contribution in [2.24, 2.45) is 0 Å². The van der Waals surface area contributed by atoms with E-state index in [0.717, 1.165) is 22.0 Å². The number of ketones is 1. The fourth-order valence-corrected chi connectivity index (χ4v) is 4.68. The Hall–Kier alpha value is -3.55. The van der Waals surface area contributed by atoms with E-state index in [2.05, 4.69) is 6.07 Å². The van der Waals surface area contributed by atoms with E-state index in [1.165, 1.54) is 19.2 Å². The lowest BCUT2D eigenvalue weighted by Crippen LogP contribution is -2.28. The molecule has 2 aromatic carbocycles. The van der Waals surface area contributed by atoms with Crippen LogP contribution in [0.15, 0.2) is 59.6 Å². The summed E-state index contributed by atoms with van der Waals surface area (Å²) in [5.41, 5.74) is 1.23. The lowest BCUT2D eigenvalue weighted by molar-refractivity contribution is -0.142. The topological polar surface area (TPSA) is 109 Å². The second-order valence-corrected chi connectivity index (χ2v) is 9.67. The van der Waals surface area contributed by atoms with E-state index in [0.29, 0.717) is 23.9 Å². The Morgan fingerprint density at radius 3 is 2.56 bits per heavy atom. The Labute approximate surface area is 197 Å². The number of nitriles is 1. The van der Waals surface area contributed by atoms with Crippen LogP contribution in [0.3, 0.4) is 0 Å². The molecule has 0 unspecified atom stereocenters. The lowest BCUT2D eigenvalue weighted by Gasteiger charge is -2.16. The molecule has 0 saturated carbocycles. The minimum atomic E-state index is -3.80. The molecule has 0 amide bonds. The van der Waals surface area contributed by atoms with Crippen LogP contribution in [0.5, 0.6) is 0 Å². The molecule has 1 aromatic heterocycles. The van der Waals surface area contributed by atoms with Gasteiger partial charge in [0, 0.05) is 49.2 Å². The van der Waals surface area contributed by atoms with Crippen LogP contribution in [0, 0.1) is 17.1 Å². The number of rotatable bonds is 11. The van der Waals surface area contributed by atoms with Gasteiger partial charge in [-0.25, -0.2) is 17.1 Å². The smallest absolute Gasteiger partial charge is 0.306 e. The number of hydrogen-bond donors (Lipinski definition) is 0. The highest BCUT2D eigenvalue weighted by molar-refractivity contribution is 7.89. The van der Waals surface area contributed by atoms with Gasteiger partial charge >= 0.3 is 5.97 Å². The van der Waals surface area contributed by atoms with E-state index in [-0.39, 0.29) is 30.1 Å². The highest BCUT2D eigenvalue weighted by atomic mass is 32.2. The summed E-state index contributed by atoms with van der Waals surface area (Å²) in [4.78, 5) is 24.7. The van der Waals surface area contributed by atoms with Gasteiger partial charge in [0.1, 0.15) is 5.82 Å². The van der Waals surface area contributed by atoms with E-state index in [9.17, 15) is 22.4 Å². The third kappa shape index (κ3) is 5.87. The number of benzene rings is 2. The fourth-order valence-electron chi connectivity index (χ4n) is 3.47. The molecule has 178 valence electrons. The standard InChI is InChI=1S/C24H24FN3O5S/c1-27(34(31,32)19-11-9-18(25)10-12-19)14-4-8-24(30)33-17-23(29)21-16-28(15-5-13-26)22-7-3-2-6-20(21)22/h2-3,6-7,9-12,16H,4-5,8,14-15,17H2,1H3. The molecule has 8 nitrogen and oxygen atoms in total. The SMILES string of the molecule is CN(CCCC(=O)OCC(=O)c1cn(CCC#N)c2ccccc12)S(=O)(=O)c1ccc(F)cc1. The maximum atomic E-state index is 13.0. The van der Waals surface area contributed by atoms with Gasteiger partial charge in [-0.15, -0.1) is 0 Å². The zero-order valence-corrected chi connectivity index (χ0v) is 19.4. The summed E-state index contributed by atoms with van der Waals surface area (Å²) in [6.07, 6.45) is 2.08. The Balaban J connectivity index is 1.52. The van der Waals surface area contributed by atoms with Crippen molar-refractivity contribution in [1.29, 1.82) is 5.26 Å². The molecule has 1 heterocycles. The summed E-state index contributed by atoms with van der Waals surface area (Å²) < 4.78 is 46.0. The van der Waals surface area contributed by atoms with Crippen molar-refractivity contribution in [1.82, 2.24) is 8.87 Å². The van der Waals surface area contributed by atoms with E-state index in [1.54, 1.807) is 18.3 Å². The average Bonchev–Trinajstić information content (AvgIpc) is 3.20. The monoisotopic (exact) mass is 485 g/mol. The quantitative estimate of drug-likeness (QED) is 0.304. The number of Topliss-reactive ketones (excluding diaryl/α,β-unsaturated/α-hetero) is 1. The van der Waals surface area contributed by atoms with Crippen molar-refractivity contribution in [2.45, 2.75) is 30.7 Å². The van der Waals surface area contributed by atoms with Crippen LogP contribution in [0.25, 0.3) is 10.9 Å². The number of para-hydroxylation sites is 1. The summed E-state index contributed by atoms with van der Waals surface area (Å²) >= 11 is 0. The van der Waals surface area contributed by atoms with Gasteiger partial charge in [0.25, 0.3) is 0 Å². The lowest BCUT2D eigenvalue weighted by atomic mass is 10.1. The predicted octanol–water partition coefficient (Wildman–Crippen LogP) is 3.52. The molecule has 0 spiro atoms. The van der Waals surface area contributed by atoms with Crippen molar-refractivity contribution in [3.63, 3.8) is 0 Å². The van der Waals surface area contributed by atoms with Gasteiger partial charge in [0.05, 0.1) is 17.4 Å². The molecule has 3 rings (SSSR count). The van der Waals surface area contributed by atoms with Gasteiger partial charge in [-0.05, 0) is 36.8 Å². The van der Waals surface area contributed by atoms with Crippen LogP contribution in [0.2, 0.25) is 0 Å². The van der Waals surface area contributed by atoms with E-state index < -0.39 is 28.4 Å². The van der Waals surface area contributed by atoms with Gasteiger partial charge in [-0.3, -0.25) is 9.59 Å². The Bertz CT molecular complexity index is 1330. The van der Waals surface area contributed by atoms with Gasteiger partial charge < -0.3 is 9.30 Å². The van der Waals surface area contributed by atoms with Gasteiger partial charge in [-0.1, -0.05) is 18.2 Å². The molecule has 3 aromatic rings. The van der Waals surface area contributed by atoms with E-state index >= 15 is 0 Å². The van der Waals surface area contributed by atoms with Crippen LogP contribution >= 0.6 is 0 Å². The summed E-state index contributed by atoms with van der Waals surface area (Å²) in [5.74, 6) is -1.52. The van der Waals surface area contributed by atoms with Gasteiger partial charge in [-0.2, -0.15) is 5.26 Å². The zero-order chi connectivity index (χ0) is 24.7. The summed E-state index contributed by atoms with van der Waals surface area (Å²) in [6, 6.07) is 13.9. The number of nitrogens with zero attached hydrogens (tertiary/aromatic N) is 3. The van der Waals surface area contributed by atoms with Crippen LogP contribution < -0.4 is 0 Å². The molecular weight excluding hydrogens is 461 g/mol. The Morgan fingerprint density at radius 2 is 1.85 bits per heavy atom. The van der Waals surface area contributed by atoms with Crippen LogP contribution in [0.1, 0.15) is 29.6 Å². The maximum Gasteiger partial charge on any atom is 0.306 e. The third-order valence-electron chi connectivity index (χ3n) is 5.29.